The zero-order valence-electron chi connectivity index (χ0n) is 13.3. The molecule has 1 rings (SSSR count). The molecule has 0 aromatic carbocycles. The Balaban J connectivity index is 2.39. The quantitative estimate of drug-likeness (QED) is 0.618. The van der Waals surface area contributed by atoms with Crippen LogP contribution >= 0.6 is 0 Å². The van der Waals surface area contributed by atoms with Crippen molar-refractivity contribution in [1.29, 1.82) is 0 Å². The van der Waals surface area contributed by atoms with Gasteiger partial charge in [0.25, 0.3) is 0 Å². The molecule has 1 aliphatic carbocycles. The standard InChI is InChI=1S/C17H35N/c1-5-14-18-15-17(11-7-6-8-12-17)13-9-10-16(2,3)4/h18H,5-15H2,1-4H3. The van der Waals surface area contributed by atoms with Gasteiger partial charge in [-0.15, -0.1) is 0 Å². The number of hydrogen-bond acceptors (Lipinski definition) is 1. The van der Waals surface area contributed by atoms with E-state index in [-0.39, 0.29) is 0 Å². The van der Waals surface area contributed by atoms with Gasteiger partial charge in [0.15, 0.2) is 0 Å². The smallest absolute Gasteiger partial charge is 0.000780 e. The lowest BCUT2D eigenvalue weighted by Gasteiger charge is -2.38. The molecule has 0 atom stereocenters. The number of nitrogens with one attached hydrogen (secondary N) is 1. The summed E-state index contributed by atoms with van der Waals surface area (Å²) in [5.74, 6) is 0. The lowest BCUT2D eigenvalue weighted by molar-refractivity contribution is 0.155. The Labute approximate surface area is 115 Å². The number of rotatable bonds is 7. The molecule has 0 amide bonds. The molecule has 0 aliphatic heterocycles. The Morgan fingerprint density at radius 3 is 2.28 bits per heavy atom. The van der Waals surface area contributed by atoms with Crippen LogP contribution in [0.15, 0.2) is 0 Å². The van der Waals surface area contributed by atoms with Crippen molar-refractivity contribution in [3.63, 3.8) is 0 Å². The van der Waals surface area contributed by atoms with Gasteiger partial charge in [0.1, 0.15) is 0 Å². The second-order valence-corrected chi connectivity index (χ2v) is 7.65. The molecule has 0 bridgehead atoms. The lowest BCUT2D eigenvalue weighted by atomic mass is 9.70. The molecule has 0 radical (unpaired) electrons. The van der Waals surface area contributed by atoms with E-state index >= 15 is 0 Å². The molecular weight excluding hydrogens is 218 g/mol. The molecule has 1 aliphatic rings. The topological polar surface area (TPSA) is 12.0 Å². The SMILES string of the molecule is CCCNCC1(CCCC(C)(C)C)CCCCC1. The molecule has 0 aromatic rings. The van der Waals surface area contributed by atoms with Gasteiger partial charge >= 0.3 is 0 Å². The molecule has 0 spiro atoms. The van der Waals surface area contributed by atoms with Crippen molar-refractivity contribution in [3.05, 3.63) is 0 Å². The van der Waals surface area contributed by atoms with Crippen LogP contribution in [0.25, 0.3) is 0 Å². The zero-order valence-corrected chi connectivity index (χ0v) is 13.3. The van der Waals surface area contributed by atoms with E-state index in [1.807, 2.05) is 0 Å². The van der Waals surface area contributed by atoms with Crippen molar-refractivity contribution in [2.45, 2.75) is 85.5 Å². The second kappa shape index (κ2) is 7.53. The van der Waals surface area contributed by atoms with Crippen LogP contribution in [0.1, 0.15) is 85.5 Å². The maximum Gasteiger partial charge on any atom is 0.000780 e. The first kappa shape index (κ1) is 16.0. The molecule has 1 N–H and O–H groups in total. The molecule has 108 valence electrons. The van der Waals surface area contributed by atoms with Crippen LogP contribution < -0.4 is 5.32 Å². The van der Waals surface area contributed by atoms with Gasteiger partial charge in [-0.25, -0.2) is 0 Å². The van der Waals surface area contributed by atoms with Gasteiger partial charge in [-0.05, 0) is 49.5 Å². The fraction of sp³-hybridized carbons (Fsp3) is 1.00. The van der Waals surface area contributed by atoms with Gasteiger partial charge in [0.2, 0.25) is 0 Å². The number of hydrogen-bond donors (Lipinski definition) is 1. The second-order valence-electron chi connectivity index (χ2n) is 7.65. The Hall–Kier alpha value is -0.0400. The molecule has 18 heavy (non-hydrogen) atoms. The monoisotopic (exact) mass is 253 g/mol. The molecule has 1 saturated carbocycles. The van der Waals surface area contributed by atoms with Crippen molar-refractivity contribution >= 4 is 0 Å². The Morgan fingerprint density at radius 1 is 1.06 bits per heavy atom. The van der Waals surface area contributed by atoms with Crippen LogP contribution in [0.5, 0.6) is 0 Å². The summed E-state index contributed by atoms with van der Waals surface area (Å²) in [7, 11) is 0. The predicted octanol–water partition coefficient (Wildman–Crippen LogP) is 5.15. The van der Waals surface area contributed by atoms with E-state index < -0.39 is 0 Å². The molecule has 0 saturated heterocycles. The minimum absolute atomic E-state index is 0.507. The summed E-state index contributed by atoms with van der Waals surface area (Å²) in [5.41, 5.74) is 1.14. The summed E-state index contributed by atoms with van der Waals surface area (Å²) in [4.78, 5) is 0. The molecule has 1 nitrogen and oxygen atoms in total. The average molecular weight is 253 g/mol. The van der Waals surface area contributed by atoms with Crippen molar-refractivity contribution in [3.8, 4) is 0 Å². The molecule has 0 aromatic heterocycles. The zero-order chi connectivity index (χ0) is 13.5. The first-order chi connectivity index (χ1) is 8.47. The minimum Gasteiger partial charge on any atom is -0.316 e. The molecule has 1 heteroatoms. The Bertz CT molecular complexity index is 208. The van der Waals surface area contributed by atoms with Crippen LogP contribution in [-0.4, -0.2) is 13.1 Å². The van der Waals surface area contributed by atoms with Crippen molar-refractivity contribution in [1.82, 2.24) is 5.32 Å². The van der Waals surface area contributed by atoms with E-state index in [4.69, 9.17) is 0 Å². The van der Waals surface area contributed by atoms with E-state index in [1.165, 1.54) is 70.9 Å². The third-order valence-electron chi connectivity index (χ3n) is 4.47. The molecule has 0 unspecified atom stereocenters. The summed E-state index contributed by atoms with van der Waals surface area (Å²) in [6, 6.07) is 0. The van der Waals surface area contributed by atoms with Crippen LogP contribution in [0.3, 0.4) is 0 Å². The lowest BCUT2D eigenvalue weighted by Crippen LogP contribution is -2.36. The normalized spacial score (nSPS) is 20.0. The van der Waals surface area contributed by atoms with Gasteiger partial charge < -0.3 is 5.32 Å². The fourth-order valence-electron chi connectivity index (χ4n) is 3.34. The summed E-state index contributed by atoms with van der Waals surface area (Å²) < 4.78 is 0. The first-order valence-electron chi connectivity index (χ1n) is 8.18. The average Bonchev–Trinajstić information content (AvgIpc) is 2.29. The van der Waals surface area contributed by atoms with Gasteiger partial charge in [0.05, 0.1) is 0 Å². The van der Waals surface area contributed by atoms with E-state index in [0.717, 1.165) is 0 Å². The fourth-order valence-corrected chi connectivity index (χ4v) is 3.34. The van der Waals surface area contributed by atoms with Crippen molar-refractivity contribution < 1.29 is 0 Å². The molecular formula is C17H35N. The van der Waals surface area contributed by atoms with Gasteiger partial charge in [-0.3, -0.25) is 0 Å². The van der Waals surface area contributed by atoms with Crippen molar-refractivity contribution in [2.75, 3.05) is 13.1 Å². The van der Waals surface area contributed by atoms with E-state index in [2.05, 4.69) is 33.0 Å². The maximum absolute atomic E-state index is 3.69. The van der Waals surface area contributed by atoms with E-state index in [0.29, 0.717) is 10.8 Å². The van der Waals surface area contributed by atoms with E-state index in [1.54, 1.807) is 0 Å². The third kappa shape index (κ3) is 6.22. The van der Waals surface area contributed by atoms with Gasteiger partial charge in [-0.2, -0.15) is 0 Å². The highest BCUT2D eigenvalue weighted by Crippen LogP contribution is 2.41. The maximum atomic E-state index is 3.69. The summed E-state index contributed by atoms with van der Waals surface area (Å²) in [6.07, 6.45) is 12.8. The van der Waals surface area contributed by atoms with Crippen LogP contribution in [0.2, 0.25) is 0 Å². The van der Waals surface area contributed by atoms with Crippen LogP contribution in [0, 0.1) is 10.8 Å². The van der Waals surface area contributed by atoms with Gasteiger partial charge in [0, 0.05) is 6.54 Å². The highest BCUT2D eigenvalue weighted by molar-refractivity contribution is 4.85. The Kier molecular flexibility index (Phi) is 6.70. The highest BCUT2D eigenvalue weighted by atomic mass is 14.9. The summed E-state index contributed by atoms with van der Waals surface area (Å²) in [5, 5.41) is 3.69. The van der Waals surface area contributed by atoms with E-state index in [9.17, 15) is 0 Å². The predicted molar refractivity (Wildman–Crippen MR) is 82.0 cm³/mol. The first-order valence-corrected chi connectivity index (χ1v) is 8.18. The van der Waals surface area contributed by atoms with Gasteiger partial charge in [-0.1, -0.05) is 53.4 Å². The summed E-state index contributed by atoms with van der Waals surface area (Å²) >= 11 is 0. The summed E-state index contributed by atoms with van der Waals surface area (Å²) in [6.45, 7) is 11.8. The third-order valence-corrected chi connectivity index (χ3v) is 4.47. The Morgan fingerprint density at radius 2 is 1.72 bits per heavy atom. The highest BCUT2D eigenvalue weighted by Gasteiger charge is 2.31. The largest absolute Gasteiger partial charge is 0.316 e. The van der Waals surface area contributed by atoms with Crippen LogP contribution in [0.4, 0.5) is 0 Å². The van der Waals surface area contributed by atoms with Crippen LogP contribution in [-0.2, 0) is 0 Å². The molecule has 1 fully saturated rings. The van der Waals surface area contributed by atoms with Crippen molar-refractivity contribution in [2.24, 2.45) is 10.8 Å². The molecule has 0 heterocycles. The minimum atomic E-state index is 0.507.